The molecule has 0 bridgehead atoms. The number of anilines is 3. The van der Waals surface area contributed by atoms with Gasteiger partial charge in [-0.2, -0.15) is 13.2 Å². The average molecular weight is 601 g/mol. The normalized spacial score (nSPS) is 14.5. The Labute approximate surface area is 245 Å². The highest BCUT2D eigenvalue weighted by Gasteiger charge is 2.33. The van der Waals surface area contributed by atoms with Crippen LogP contribution in [-0.2, 0) is 17.5 Å². The topological polar surface area (TPSA) is 125 Å². The van der Waals surface area contributed by atoms with Gasteiger partial charge in [0.25, 0.3) is 5.91 Å². The van der Waals surface area contributed by atoms with Gasteiger partial charge in [0, 0.05) is 22.6 Å². The van der Waals surface area contributed by atoms with Crippen LogP contribution in [0.25, 0.3) is 0 Å². The third-order valence-electron chi connectivity index (χ3n) is 7.40. The van der Waals surface area contributed by atoms with Gasteiger partial charge in [0.1, 0.15) is 0 Å². The molecule has 1 atom stereocenters. The van der Waals surface area contributed by atoms with Crippen LogP contribution in [0.3, 0.4) is 0 Å². The van der Waals surface area contributed by atoms with Crippen molar-refractivity contribution in [2.75, 3.05) is 22.5 Å². The van der Waals surface area contributed by atoms with E-state index < -0.39 is 48.1 Å². The number of aliphatic carboxylic acids is 1. The molecule has 0 spiro atoms. The number of alkyl halides is 4. The Hall–Kier alpha value is -4.61. The second-order valence-electron chi connectivity index (χ2n) is 10.5. The molecule has 1 aliphatic rings. The number of nitrogens with zero attached hydrogens (tertiary/aromatic N) is 1. The van der Waals surface area contributed by atoms with Crippen molar-refractivity contribution in [1.29, 1.82) is 0 Å². The van der Waals surface area contributed by atoms with Crippen LogP contribution in [-0.4, -0.2) is 35.7 Å². The molecule has 3 aromatic rings. The van der Waals surface area contributed by atoms with E-state index in [9.17, 15) is 31.9 Å². The Kier molecular flexibility index (Phi) is 9.89. The van der Waals surface area contributed by atoms with Crippen LogP contribution in [0.5, 0.6) is 0 Å². The van der Waals surface area contributed by atoms with Crippen molar-refractivity contribution in [3.8, 4) is 0 Å². The van der Waals surface area contributed by atoms with Gasteiger partial charge in [-0.25, -0.2) is 14.0 Å². The van der Waals surface area contributed by atoms with Crippen LogP contribution in [0.2, 0.25) is 0 Å². The van der Waals surface area contributed by atoms with E-state index in [2.05, 4.69) is 10.6 Å². The van der Waals surface area contributed by atoms with Crippen molar-refractivity contribution in [3.05, 3.63) is 89.0 Å². The molecule has 1 unspecified atom stereocenters. The van der Waals surface area contributed by atoms with Gasteiger partial charge in [-0.3, -0.25) is 9.69 Å². The van der Waals surface area contributed by atoms with Gasteiger partial charge in [0.05, 0.1) is 18.7 Å². The number of benzene rings is 3. The maximum atomic E-state index is 13.5. The summed E-state index contributed by atoms with van der Waals surface area (Å²) in [6.45, 7) is -0.689. The lowest BCUT2D eigenvalue weighted by molar-refractivity contribution is -0.142. The number of rotatable bonds is 9. The van der Waals surface area contributed by atoms with Gasteiger partial charge in [-0.05, 0) is 72.4 Å². The number of hydrogen-bond acceptors (Lipinski definition) is 4. The molecule has 3 aromatic carbocycles. The number of nitrogens with two attached hydrogens (primary N) is 1. The van der Waals surface area contributed by atoms with Crippen molar-refractivity contribution in [3.63, 3.8) is 0 Å². The van der Waals surface area contributed by atoms with Crippen LogP contribution in [0.15, 0.2) is 66.7 Å². The number of amides is 3. The SMILES string of the molecule is Nc1ccc(NC(=O)N(Cc2ccc(C(=O)NCC(F)C(=O)O)cc2)c2ccc(C3CCCCC3)cc2)cc1C(F)(F)F. The lowest BCUT2D eigenvalue weighted by Gasteiger charge is -2.26. The smallest absolute Gasteiger partial charge is 0.418 e. The molecule has 0 heterocycles. The molecule has 1 aliphatic carbocycles. The van der Waals surface area contributed by atoms with E-state index in [1.165, 1.54) is 29.5 Å². The molecule has 5 N–H and O–H groups in total. The molecule has 43 heavy (non-hydrogen) atoms. The van der Waals surface area contributed by atoms with Gasteiger partial charge < -0.3 is 21.5 Å². The zero-order chi connectivity index (χ0) is 31.1. The fourth-order valence-corrected chi connectivity index (χ4v) is 5.03. The highest BCUT2D eigenvalue weighted by molar-refractivity contribution is 6.02. The number of carboxylic acids is 1. The third kappa shape index (κ3) is 8.24. The van der Waals surface area contributed by atoms with E-state index in [0.29, 0.717) is 17.2 Å². The van der Waals surface area contributed by atoms with Crippen LogP contribution >= 0.6 is 0 Å². The molecule has 0 aromatic heterocycles. The van der Waals surface area contributed by atoms with Gasteiger partial charge >= 0.3 is 18.2 Å². The monoisotopic (exact) mass is 600 g/mol. The summed E-state index contributed by atoms with van der Waals surface area (Å²) in [7, 11) is 0. The number of carbonyl (C=O) groups excluding carboxylic acids is 2. The molecular weight excluding hydrogens is 568 g/mol. The summed E-state index contributed by atoms with van der Waals surface area (Å²) < 4.78 is 53.5. The van der Waals surface area contributed by atoms with Gasteiger partial charge in [0.2, 0.25) is 6.17 Å². The van der Waals surface area contributed by atoms with E-state index in [1.54, 1.807) is 24.3 Å². The number of urea groups is 1. The summed E-state index contributed by atoms with van der Waals surface area (Å²) in [6.07, 6.45) is -1.24. The minimum absolute atomic E-state index is 0.00315. The summed E-state index contributed by atoms with van der Waals surface area (Å²) in [5.41, 5.74) is 6.29. The highest BCUT2D eigenvalue weighted by Crippen LogP contribution is 2.36. The van der Waals surface area contributed by atoms with Crippen LogP contribution in [0.4, 0.5) is 39.4 Å². The fourth-order valence-electron chi connectivity index (χ4n) is 5.03. The van der Waals surface area contributed by atoms with Gasteiger partial charge in [-0.1, -0.05) is 43.5 Å². The average Bonchev–Trinajstić information content (AvgIpc) is 2.99. The number of halogens is 4. The molecule has 0 saturated heterocycles. The first-order valence-corrected chi connectivity index (χ1v) is 13.8. The maximum absolute atomic E-state index is 13.5. The Morgan fingerprint density at radius 2 is 1.60 bits per heavy atom. The zero-order valence-corrected chi connectivity index (χ0v) is 23.2. The quantitative estimate of drug-likeness (QED) is 0.160. The summed E-state index contributed by atoms with van der Waals surface area (Å²) in [6, 6.07) is 16.0. The molecule has 0 aliphatic heterocycles. The first kappa shape index (κ1) is 31.3. The second kappa shape index (κ2) is 13.6. The molecule has 0 radical (unpaired) electrons. The van der Waals surface area contributed by atoms with Crippen molar-refractivity contribution < 1.29 is 37.1 Å². The summed E-state index contributed by atoms with van der Waals surface area (Å²) in [4.78, 5) is 37.8. The standard InChI is InChI=1S/C31H32F4N4O4/c32-26(29(41)42)17-37-28(40)22-8-6-19(7-9-22)18-39(24-13-10-21(11-14-24)20-4-2-1-3-5-20)30(43)38-23-12-15-27(36)25(16-23)31(33,34)35/h6-16,20,26H,1-5,17-18,36H2,(H,37,40)(H,38,43)(H,41,42). The fraction of sp³-hybridized carbons (Fsp3) is 0.323. The Morgan fingerprint density at radius 3 is 2.21 bits per heavy atom. The Bertz CT molecular complexity index is 1440. The first-order chi connectivity index (χ1) is 20.4. The highest BCUT2D eigenvalue weighted by atomic mass is 19.4. The van der Waals surface area contributed by atoms with Crippen molar-refractivity contribution in [1.82, 2.24) is 5.32 Å². The zero-order valence-electron chi connectivity index (χ0n) is 23.2. The van der Waals surface area contributed by atoms with E-state index in [0.717, 1.165) is 43.4 Å². The van der Waals surface area contributed by atoms with E-state index in [-0.39, 0.29) is 17.8 Å². The van der Waals surface area contributed by atoms with Crippen molar-refractivity contribution >= 4 is 35.0 Å². The molecule has 3 amide bonds. The van der Waals surface area contributed by atoms with E-state index in [4.69, 9.17) is 10.8 Å². The van der Waals surface area contributed by atoms with Gasteiger partial charge in [-0.15, -0.1) is 0 Å². The van der Waals surface area contributed by atoms with Crippen molar-refractivity contribution in [2.24, 2.45) is 0 Å². The first-order valence-electron chi connectivity index (χ1n) is 13.8. The lowest BCUT2D eigenvalue weighted by Crippen LogP contribution is -2.35. The number of carbonyl (C=O) groups is 3. The number of hydrogen-bond donors (Lipinski definition) is 4. The Morgan fingerprint density at radius 1 is 0.953 bits per heavy atom. The largest absolute Gasteiger partial charge is 0.479 e. The lowest BCUT2D eigenvalue weighted by atomic mass is 9.84. The maximum Gasteiger partial charge on any atom is 0.418 e. The van der Waals surface area contributed by atoms with Crippen LogP contribution < -0.4 is 21.3 Å². The van der Waals surface area contributed by atoms with Crippen LogP contribution in [0, 0.1) is 0 Å². The molecule has 8 nitrogen and oxygen atoms in total. The number of nitrogens with one attached hydrogen (secondary N) is 2. The molecule has 1 fully saturated rings. The predicted octanol–water partition coefficient (Wildman–Crippen LogP) is 6.73. The van der Waals surface area contributed by atoms with Crippen molar-refractivity contribution in [2.45, 2.75) is 56.9 Å². The third-order valence-corrected chi connectivity index (χ3v) is 7.40. The molecule has 1 saturated carbocycles. The number of nitrogen functional groups attached to an aromatic ring is 1. The van der Waals surface area contributed by atoms with E-state index >= 15 is 0 Å². The number of carboxylic acid groups (broad SMARTS) is 1. The molecule has 12 heteroatoms. The van der Waals surface area contributed by atoms with Crippen LogP contribution in [0.1, 0.15) is 65.1 Å². The molecule has 228 valence electrons. The predicted molar refractivity (Wildman–Crippen MR) is 155 cm³/mol. The Balaban J connectivity index is 1.55. The molecule has 4 rings (SSSR count). The second-order valence-corrected chi connectivity index (χ2v) is 10.5. The summed E-state index contributed by atoms with van der Waals surface area (Å²) in [5, 5.41) is 13.4. The minimum Gasteiger partial charge on any atom is -0.479 e. The summed E-state index contributed by atoms with van der Waals surface area (Å²) in [5.74, 6) is -1.93. The minimum atomic E-state index is -4.70. The summed E-state index contributed by atoms with van der Waals surface area (Å²) >= 11 is 0. The molecular formula is C31H32F4N4O4. The van der Waals surface area contributed by atoms with E-state index in [1.807, 2.05) is 12.1 Å². The van der Waals surface area contributed by atoms with Gasteiger partial charge in [0.15, 0.2) is 0 Å².